The Morgan fingerprint density at radius 1 is 1.59 bits per heavy atom. The van der Waals surface area contributed by atoms with Gasteiger partial charge in [0.15, 0.2) is 10.7 Å². The molecule has 0 aliphatic rings. The Kier molecular flexibility index (Phi) is 3.49. The van der Waals surface area contributed by atoms with Crippen molar-refractivity contribution in [2.75, 3.05) is 13.6 Å². The summed E-state index contributed by atoms with van der Waals surface area (Å²) in [6, 6.07) is 1.65. The van der Waals surface area contributed by atoms with Gasteiger partial charge in [0.25, 0.3) is 0 Å². The first-order valence-corrected chi connectivity index (χ1v) is 5.56. The molecule has 0 unspecified atom stereocenters. The minimum absolute atomic E-state index is 0.197. The van der Waals surface area contributed by atoms with Crippen molar-refractivity contribution in [1.82, 2.24) is 15.6 Å². The normalized spacial score (nSPS) is 10.5. The summed E-state index contributed by atoms with van der Waals surface area (Å²) in [7, 11) is 1.58. The second-order valence-electron chi connectivity index (χ2n) is 3.50. The van der Waals surface area contributed by atoms with E-state index in [0.717, 1.165) is 10.9 Å². The zero-order chi connectivity index (χ0) is 12.3. The molecule has 6 heteroatoms. The first-order chi connectivity index (χ1) is 8.22. The lowest BCUT2D eigenvalue weighted by molar-refractivity contribution is 0.243. The van der Waals surface area contributed by atoms with Gasteiger partial charge in [-0.1, -0.05) is 11.6 Å². The van der Waals surface area contributed by atoms with E-state index in [0.29, 0.717) is 23.7 Å². The second kappa shape index (κ2) is 5.05. The van der Waals surface area contributed by atoms with Crippen LogP contribution in [0.1, 0.15) is 5.56 Å². The van der Waals surface area contributed by atoms with Crippen molar-refractivity contribution >= 4 is 28.6 Å². The van der Waals surface area contributed by atoms with Gasteiger partial charge in [-0.3, -0.25) is 0 Å². The largest absolute Gasteiger partial charge is 0.461 e. The Morgan fingerprint density at radius 2 is 2.41 bits per heavy atom. The lowest BCUT2D eigenvalue weighted by Gasteiger charge is -2.02. The molecule has 0 radical (unpaired) electrons. The SMILES string of the molecule is CNC(=O)NCCc1coc2c(Cl)nccc12. The highest BCUT2D eigenvalue weighted by molar-refractivity contribution is 6.33. The number of urea groups is 1. The summed E-state index contributed by atoms with van der Waals surface area (Å²) in [5.74, 6) is 0. The highest BCUT2D eigenvalue weighted by Crippen LogP contribution is 2.25. The van der Waals surface area contributed by atoms with Crippen LogP contribution in [0, 0.1) is 0 Å². The number of furan rings is 1. The first-order valence-electron chi connectivity index (χ1n) is 5.18. The fourth-order valence-corrected chi connectivity index (χ4v) is 1.78. The maximum atomic E-state index is 11.0. The first kappa shape index (κ1) is 11.7. The molecule has 0 aromatic carbocycles. The van der Waals surface area contributed by atoms with E-state index in [-0.39, 0.29) is 6.03 Å². The summed E-state index contributed by atoms with van der Waals surface area (Å²) in [5, 5.41) is 6.48. The van der Waals surface area contributed by atoms with E-state index >= 15 is 0 Å². The molecule has 0 saturated heterocycles. The third-order valence-corrected chi connectivity index (χ3v) is 2.70. The molecule has 0 atom stereocenters. The van der Waals surface area contributed by atoms with E-state index in [4.69, 9.17) is 16.0 Å². The van der Waals surface area contributed by atoms with Crippen molar-refractivity contribution in [3.05, 3.63) is 29.2 Å². The number of rotatable bonds is 3. The summed E-state index contributed by atoms with van der Waals surface area (Å²) < 4.78 is 5.34. The van der Waals surface area contributed by atoms with Gasteiger partial charge in [-0.05, 0) is 12.5 Å². The molecule has 0 aliphatic heterocycles. The summed E-state index contributed by atoms with van der Waals surface area (Å²) in [6.45, 7) is 0.536. The zero-order valence-electron chi connectivity index (χ0n) is 9.29. The number of hydrogen-bond donors (Lipinski definition) is 2. The molecule has 2 aromatic rings. The molecule has 0 saturated carbocycles. The summed E-state index contributed by atoms with van der Waals surface area (Å²) in [5.41, 5.74) is 1.59. The van der Waals surface area contributed by atoms with Gasteiger partial charge in [0.2, 0.25) is 0 Å². The number of carbonyl (C=O) groups is 1. The summed E-state index contributed by atoms with van der Waals surface area (Å²) in [4.78, 5) is 14.9. The number of aromatic nitrogens is 1. The van der Waals surface area contributed by atoms with Crippen molar-refractivity contribution in [2.45, 2.75) is 6.42 Å². The Hall–Kier alpha value is -1.75. The Balaban J connectivity index is 2.09. The number of carbonyl (C=O) groups excluding carboxylic acids is 1. The maximum absolute atomic E-state index is 11.0. The van der Waals surface area contributed by atoms with Crippen molar-refractivity contribution in [3.63, 3.8) is 0 Å². The minimum Gasteiger partial charge on any atom is -0.461 e. The van der Waals surface area contributed by atoms with Crippen LogP contribution in [0.2, 0.25) is 5.15 Å². The standard InChI is InChI=1S/C11H12ClN3O2/c1-13-11(16)15-4-2-7-6-17-9-8(7)3-5-14-10(9)12/h3,5-6H,2,4H2,1H3,(H2,13,15,16). The van der Waals surface area contributed by atoms with Crippen LogP contribution in [0.4, 0.5) is 4.79 Å². The lowest BCUT2D eigenvalue weighted by atomic mass is 10.1. The molecule has 90 valence electrons. The number of fused-ring (bicyclic) bond motifs is 1. The van der Waals surface area contributed by atoms with Gasteiger partial charge >= 0.3 is 6.03 Å². The monoisotopic (exact) mass is 253 g/mol. The number of nitrogens with one attached hydrogen (secondary N) is 2. The van der Waals surface area contributed by atoms with Gasteiger partial charge in [-0.25, -0.2) is 9.78 Å². The lowest BCUT2D eigenvalue weighted by Crippen LogP contribution is -2.33. The molecule has 2 aromatic heterocycles. The average molecular weight is 254 g/mol. The smallest absolute Gasteiger partial charge is 0.314 e. The fraction of sp³-hybridized carbons (Fsp3) is 0.273. The molecule has 0 aliphatic carbocycles. The molecule has 0 bridgehead atoms. The molecular formula is C11H12ClN3O2. The third-order valence-electron chi connectivity index (χ3n) is 2.43. The van der Waals surface area contributed by atoms with Crippen LogP contribution in [-0.4, -0.2) is 24.6 Å². The highest BCUT2D eigenvalue weighted by atomic mass is 35.5. The van der Waals surface area contributed by atoms with E-state index < -0.39 is 0 Å². The van der Waals surface area contributed by atoms with Crippen molar-refractivity contribution in [3.8, 4) is 0 Å². The predicted octanol–water partition coefficient (Wildman–Crippen LogP) is 1.95. The number of nitrogens with zero attached hydrogens (tertiary/aromatic N) is 1. The van der Waals surface area contributed by atoms with Crippen LogP contribution in [0.3, 0.4) is 0 Å². The molecule has 17 heavy (non-hydrogen) atoms. The number of pyridine rings is 1. The fourth-order valence-electron chi connectivity index (χ4n) is 1.57. The van der Waals surface area contributed by atoms with Gasteiger partial charge in [-0.2, -0.15) is 0 Å². The topological polar surface area (TPSA) is 67.2 Å². The molecule has 0 fully saturated rings. The van der Waals surface area contributed by atoms with Crippen molar-refractivity contribution in [2.24, 2.45) is 0 Å². The van der Waals surface area contributed by atoms with Crippen molar-refractivity contribution < 1.29 is 9.21 Å². The highest BCUT2D eigenvalue weighted by Gasteiger charge is 2.09. The molecule has 2 rings (SSSR count). The van der Waals surface area contributed by atoms with Crippen LogP contribution < -0.4 is 10.6 Å². The number of amides is 2. The number of halogens is 1. The summed E-state index contributed by atoms with van der Waals surface area (Å²) >= 11 is 5.89. The Morgan fingerprint density at radius 3 is 3.18 bits per heavy atom. The Labute approximate surface area is 103 Å². The van der Waals surface area contributed by atoms with Crippen LogP contribution in [0.25, 0.3) is 11.0 Å². The quantitative estimate of drug-likeness (QED) is 0.822. The molecule has 2 heterocycles. The van der Waals surface area contributed by atoms with Gasteiger partial charge < -0.3 is 15.1 Å². The van der Waals surface area contributed by atoms with E-state index in [2.05, 4.69) is 15.6 Å². The van der Waals surface area contributed by atoms with Crippen molar-refractivity contribution in [1.29, 1.82) is 0 Å². The van der Waals surface area contributed by atoms with E-state index in [1.807, 2.05) is 6.07 Å². The van der Waals surface area contributed by atoms with E-state index in [1.54, 1.807) is 19.5 Å². The molecule has 2 N–H and O–H groups in total. The molecule has 0 spiro atoms. The maximum Gasteiger partial charge on any atom is 0.314 e. The zero-order valence-corrected chi connectivity index (χ0v) is 10.0. The third kappa shape index (κ3) is 2.50. The Bertz CT molecular complexity index is 538. The van der Waals surface area contributed by atoms with Crippen LogP contribution in [-0.2, 0) is 6.42 Å². The number of hydrogen-bond acceptors (Lipinski definition) is 3. The van der Waals surface area contributed by atoms with E-state index in [9.17, 15) is 4.79 Å². The van der Waals surface area contributed by atoms with E-state index in [1.165, 1.54) is 0 Å². The van der Waals surface area contributed by atoms with Gasteiger partial charge in [0.05, 0.1) is 6.26 Å². The van der Waals surface area contributed by atoms with Crippen LogP contribution in [0.15, 0.2) is 22.9 Å². The second-order valence-corrected chi connectivity index (χ2v) is 3.85. The van der Waals surface area contributed by atoms with Crippen LogP contribution >= 0.6 is 11.6 Å². The molecule has 2 amide bonds. The van der Waals surface area contributed by atoms with Gasteiger partial charge in [0.1, 0.15) is 0 Å². The van der Waals surface area contributed by atoms with Gasteiger partial charge in [0, 0.05) is 30.7 Å². The minimum atomic E-state index is -0.197. The average Bonchev–Trinajstić information content (AvgIpc) is 2.74. The van der Waals surface area contributed by atoms with Crippen LogP contribution in [0.5, 0.6) is 0 Å². The predicted molar refractivity (Wildman–Crippen MR) is 65.2 cm³/mol. The summed E-state index contributed by atoms with van der Waals surface area (Å²) in [6.07, 6.45) is 3.96. The van der Waals surface area contributed by atoms with Gasteiger partial charge in [-0.15, -0.1) is 0 Å². The molecule has 5 nitrogen and oxygen atoms in total. The molecular weight excluding hydrogens is 242 g/mol.